The molecule has 116 valence electrons. The number of rotatable bonds is 6. The number of hydrogen-bond donors (Lipinski definition) is 2. The van der Waals surface area contributed by atoms with Crippen LogP contribution < -0.4 is 5.32 Å². The van der Waals surface area contributed by atoms with E-state index in [1.165, 1.54) is 5.56 Å². The second-order valence-electron chi connectivity index (χ2n) is 6.11. The third kappa shape index (κ3) is 5.14. The maximum Gasteiger partial charge on any atom is 0.234 e. The van der Waals surface area contributed by atoms with Crippen molar-refractivity contribution in [3.05, 3.63) is 35.4 Å². The Balaban J connectivity index is 1.77. The minimum absolute atomic E-state index is 0.0630. The molecule has 2 rings (SSSR count). The van der Waals surface area contributed by atoms with Gasteiger partial charge in [-0.25, -0.2) is 0 Å². The number of aliphatic hydroxyl groups is 1. The van der Waals surface area contributed by atoms with Crippen molar-refractivity contribution < 1.29 is 9.90 Å². The Hall–Kier alpha value is -1.39. The average molecular weight is 290 g/mol. The Morgan fingerprint density at radius 2 is 2.14 bits per heavy atom. The molecule has 0 aromatic heterocycles. The quantitative estimate of drug-likeness (QED) is 0.840. The van der Waals surface area contributed by atoms with Gasteiger partial charge in [0.05, 0.1) is 12.6 Å². The first-order valence-electron chi connectivity index (χ1n) is 7.79. The van der Waals surface area contributed by atoms with Crippen molar-refractivity contribution in [1.29, 1.82) is 0 Å². The number of carbonyl (C=O) groups excluding carboxylic acids is 1. The lowest BCUT2D eigenvalue weighted by molar-refractivity contribution is -0.122. The molecule has 1 heterocycles. The SMILES string of the molecule is Cc1ccc(CNC(=O)CN2CCCC2CC(C)O)cc1. The first kappa shape index (κ1) is 16.0. The van der Waals surface area contributed by atoms with Gasteiger partial charge in [0.25, 0.3) is 0 Å². The molecule has 1 aliphatic heterocycles. The molecule has 4 heteroatoms. The number of aryl methyl sites for hydroxylation is 1. The number of amides is 1. The van der Waals surface area contributed by atoms with Crippen LogP contribution in [0.1, 0.15) is 37.3 Å². The van der Waals surface area contributed by atoms with Gasteiger partial charge in [0.2, 0.25) is 5.91 Å². The second kappa shape index (κ2) is 7.57. The lowest BCUT2D eigenvalue weighted by Gasteiger charge is -2.24. The van der Waals surface area contributed by atoms with Crippen LogP contribution in [-0.2, 0) is 11.3 Å². The van der Waals surface area contributed by atoms with Crippen molar-refractivity contribution in [3.8, 4) is 0 Å². The van der Waals surface area contributed by atoms with Gasteiger partial charge in [-0.1, -0.05) is 29.8 Å². The number of aliphatic hydroxyl groups excluding tert-OH is 1. The van der Waals surface area contributed by atoms with Crippen LogP contribution in [0.2, 0.25) is 0 Å². The molecule has 21 heavy (non-hydrogen) atoms. The molecule has 2 atom stereocenters. The molecular formula is C17H26N2O2. The van der Waals surface area contributed by atoms with Gasteiger partial charge in [-0.2, -0.15) is 0 Å². The summed E-state index contributed by atoms with van der Waals surface area (Å²) in [5.41, 5.74) is 2.35. The lowest BCUT2D eigenvalue weighted by atomic mass is 10.1. The maximum atomic E-state index is 12.1. The van der Waals surface area contributed by atoms with Gasteiger partial charge < -0.3 is 10.4 Å². The fourth-order valence-electron chi connectivity index (χ4n) is 2.91. The lowest BCUT2D eigenvalue weighted by Crippen LogP contribution is -2.40. The maximum absolute atomic E-state index is 12.1. The van der Waals surface area contributed by atoms with Gasteiger partial charge in [0, 0.05) is 12.6 Å². The molecule has 1 fully saturated rings. The van der Waals surface area contributed by atoms with Crippen LogP contribution in [-0.4, -0.2) is 41.1 Å². The minimum Gasteiger partial charge on any atom is -0.393 e. The van der Waals surface area contributed by atoms with E-state index in [9.17, 15) is 9.90 Å². The topological polar surface area (TPSA) is 52.6 Å². The van der Waals surface area contributed by atoms with Crippen LogP contribution in [0.4, 0.5) is 0 Å². The molecule has 1 aliphatic rings. The fourth-order valence-corrected chi connectivity index (χ4v) is 2.91. The number of benzene rings is 1. The highest BCUT2D eigenvalue weighted by Gasteiger charge is 2.26. The van der Waals surface area contributed by atoms with E-state index in [2.05, 4.69) is 29.3 Å². The second-order valence-corrected chi connectivity index (χ2v) is 6.11. The van der Waals surface area contributed by atoms with Gasteiger partial charge in [-0.05, 0) is 45.2 Å². The van der Waals surface area contributed by atoms with Crippen LogP contribution in [0.3, 0.4) is 0 Å². The Bertz CT molecular complexity index is 456. The van der Waals surface area contributed by atoms with Crippen molar-refractivity contribution in [2.75, 3.05) is 13.1 Å². The molecule has 1 aromatic rings. The van der Waals surface area contributed by atoms with Crippen molar-refractivity contribution in [2.24, 2.45) is 0 Å². The van der Waals surface area contributed by atoms with E-state index in [0.717, 1.165) is 31.4 Å². The van der Waals surface area contributed by atoms with E-state index < -0.39 is 0 Å². The summed E-state index contributed by atoms with van der Waals surface area (Å²) in [7, 11) is 0. The molecule has 0 bridgehead atoms. The molecule has 1 saturated heterocycles. The molecule has 2 N–H and O–H groups in total. The highest BCUT2D eigenvalue weighted by atomic mass is 16.3. The fraction of sp³-hybridized carbons (Fsp3) is 0.588. The van der Waals surface area contributed by atoms with Crippen molar-refractivity contribution in [3.63, 3.8) is 0 Å². The molecule has 0 saturated carbocycles. The normalized spacial score (nSPS) is 20.4. The monoisotopic (exact) mass is 290 g/mol. The zero-order valence-corrected chi connectivity index (χ0v) is 13.0. The summed E-state index contributed by atoms with van der Waals surface area (Å²) in [5.74, 6) is 0.0630. The molecule has 4 nitrogen and oxygen atoms in total. The van der Waals surface area contributed by atoms with Crippen LogP contribution in [0, 0.1) is 6.92 Å². The summed E-state index contributed by atoms with van der Waals surface area (Å²) < 4.78 is 0. The van der Waals surface area contributed by atoms with Crippen molar-refractivity contribution in [1.82, 2.24) is 10.2 Å². The Morgan fingerprint density at radius 3 is 2.81 bits per heavy atom. The van der Waals surface area contributed by atoms with Gasteiger partial charge in [0.15, 0.2) is 0 Å². The number of likely N-dealkylation sites (tertiary alicyclic amines) is 1. The summed E-state index contributed by atoms with van der Waals surface area (Å²) >= 11 is 0. The molecule has 1 amide bonds. The Labute approximate surface area is 127 Å². The predicted octanol–water partition coefficient (Wildman–Crippen LogP) is 1.85. The number of nitrogens with zero attached hydrogens (tertiary/aromatic N) is 1. The van der Waals surface area contributed by atoms with E-state index in [1.54, 1.807) is 0 Å². The zero-order valence-electron chi connectivity index (χ0n) is 13.0. The van der Waals surface area contributed by atoms with Crippen LogP contribution in [0.25, 0.3) is 0 Å². The van der Waals surface area contributed by atoms with E-state index in [4.69, 9.17) is 0 Å². The predicted molar refractivity (Wildman–Crippen MR) is 83.9 cm³/mol. The summed E-state index contributed by atoms with van der Waals surface area (Å²) in [5, 5.41) is 12.5. The largest absolute Gasteiger partial charge is 0.393 e. The standard InChI is InChI=1S/C17H26N2O2/c1-13-5-7-15(8-6-13)11-18-17(21)12-19-9-3-4-16(19)10-14(2)20/h5-8,14,16,20H,3-4,9-12H2,1-2H3,(H,18,21). The molecule has 0 radical (unpaired) electrons. The van der Waals surface area contributed by atoms with Gasteiger partial charge in [-0.15, -0.1) is 0 Å². The van der Waals surface area contributed by atoms with E-state index >= 15 is 0 Å². The van der Waals surface area contributed by atoms with Crippen molar-refractivity contribution in [2.45, 2.75) is 51.8 Å². The number of nitrogens with one attached hydrogen (secondary N) is 1. The van der Waals surface area contributed by atoms with Gasteiger partial charge in [-0.3, -0.25) is 9.69 Å². The summed E-state index contributed by atoms with van der Waals surface area (Å²) in [6.45, 7) is 5.83. The molecule has 1 aromatic carbocycles. The third-order valence-corrected chi connectivity index (χ3v) is 4.07. The van der Waals surface area contributed by atoms with Crippen molar-refractivity contribution >= 4 is 5.91 Å². The first-order valence-corrected chi connectivity index (χ1v) is 7.79. The minimum atomic E-state index is -0.300. The smallest absolute Gasteiger partial charge is 0.234 e. The first-order chi connectivity index (χ1) is 10.0. The summed E-state index contributed by atoms with van der Waals surface area (Å²) in [4.78, 5) is 14.2. The van der Waals surface area contributed by atoms with Crippen LogP contribution >= 0.6 is 0 Å². The third-order valence-electron chi connectivity index (χ3n) is 4.07. The van der Waals surface area contributed by atoms with Gasteiger partial charge in [0.1, 0.15) is 0 Å². The molecule has 0 aliphatic carbocycles. The highest BCUT2D eigenvalue weighted by molar-refractivity contribution is 5.78. The van der Waals surface area contributed by atoms with Crippen LogP contribution in [0.5, 0.6) is 0 Å². The zero-order chi connectivity index (χ0) is 15.2. The van der Waals surface area contributed by atoms with E-state index in [0.29, 0.717) is 19.1 Å². The Kier molecular flexibility index (Phi) is 5.76. The highest BCUT2D eigenvalue weighted by Crippen LogP contribution is 2.20. The molecule has 0 spiro atoms. The summed E-state index contributed by atoms with van der Waals surface area (Å²) in [6, 6.07) is 8.54. The Morgan fingerprint density at radius 1 is 1.43 bits per heavy atom. The van der Waals surface area contributed by atoms with E-state index in [1.807, 2.05) is 19.1 Å². The molecule has 2 unspecified atom stereocenters. The van der Waals surface area contributed by atoms with Gasteiger partial charge >= 0.3 is 0 Å². The number of carbonyl (C=O) groups is 1. The molecular weight excluding hydrogens is 264 g/mol. The van der Waals surface area contributed by atoms with E-state index in [-0.39, 0.29) is 12.0 Å². The summed E-state index contributed by atoms with van der Waals surface area (Å²) in [6.07, 6.45) is 2.65. The van der Waals surface area contributed by atoms with Crippen LogP contribution in [0.15, 0.2) is 24.3 Å². The average Bonchev–Trinajstić information content (AvgIpc) is 2.84. The number of hydrogen-bond acceptors (Lipinski definition) is 3.